The lowest BCUT2D eigenvalue weighted by Crippen LogP contribution is -2.49. The van der Waals surface area contributed by atoms with Crippen LogP contribution in [0.1, 0.15) is 55.8 Å². The Morgan fingerprint density at radius 2 is 1.76 bits per heavy atom. The van der Waals surface area contributed by atoms with Crippen LogP contribution in [-0.2, 0) is 19.4 Å². The van der Waals surface area contributed by atoms with E-state index in [0.717, 1.165) is 18.2 Å². The molecule has 0 saturated heterocycles. The molecule has 13 heteroatoms. The second-order valence-corrected chi connectivity index (χ2v) is 13.3. The fourth-order valence-electron chi connectivity index (χ4n) is 5.95. The molecule has 2 aromatic carbocycles. The van der Waals surface area contributed by atoms with Gasteiger partial charge in [0.2, 0.25) is 0 Å². The third kappa shape index (κ3) is 6.39. The highest BCUT2D eigenvalue weighted by Gasteiger charge is 2.55. The van der Waals surface area contributed by atoms with E-state index in [-0.39, 0.29) is 64.5 Å². The van der Waals surface area contributed by atoms with E-state index < -0.39 is 50.4 Å². The van der Waals surface area contributed by atoms with E-state index in [1.54, 1.807) is 0 Å². The van der Waals surface area contributed by atoms with E-state index in [9.17, 15) is 36.7 Å². The van der Waals surface area contributed by atoms with Gasteiger partial charge in [-0.05, 0) is 81.2 Å². The minimum atomic E-state index is -4.03. The molecule has 2 aliphatic carbocycles. The van der Waals surface area contributed by atoms with Gasteiger partial charge in [-0.25, -0.2) is 22.0 Å². The van der Waals surface area contributed by atoms with Gasteiger partial charge in [-0.3, -0.25) is 9.59 Å². The lowest BCUT2D eigenvalue weighted by atomic mass is 9.71. The topological polar surface area (TPSA) is 139 Å². The average molecular weight is 613 g/mol. The first-order chi connectivity index (χ1) is 19.3. The smallest absolute Gasteiger partial charge is 0.407 e. The van der Waals surface area contributed by atoms with Gasteiger partial charge in [-0.15, -0.1) is 0 Å². The number of hydrogen-bond donors (Lipinski definition) is 3. The van der Waals surface area contributed by atoms with Crippen LogP contribution in [0.25, 0.3) is 0 Å². The van der Waals surface area contributed by atoms with Crippen molar-refractivity contribution in [2.75, 3.05) is 12.4 Å². The highest BCUT2D eigenvalue weighted by molar-refractivity contribution is 7.92. The molecule has 2 aromatic rings. The first kappa shape index (κ1) is 30.9. The Kier molecular flexibility index (Phi) is 9.05. The van der Waals surface area contributed by atoms with Crippen LogP contribution >= 0.6 is 11.6 Å². The van der Waals surface area contributed by atoms with Crippen molar-refractivity contribution >= 4 is 44.9 Å². The molecule has 0 aromatic heterocycles. The summed E-state index contributed by atoms with van der Waals surface area (Å²) in [6.45, 7) is 1.53. The zero-order valence-corrected chi connectivity index (χ0v) is 24.0. The van der Waals surface area contributed by atoms with Gasteiger partial charge in [-0.2, -0.15) is 0 Å². The van der Waals surface area contributed by atoms with Crippen molar-refractivity contribution in [3.8, 4) is 0 Å². The minimum absolute atomic E-state index is 0.00696. The monoisotopic (exact) mass is 612 g/mol. The summed E-state index contributed by atoms with van der Waals surface area (Å²) in [5.41, 5.74) is -1.27. The molecule has 2 bridgehead atoms. The fraction of sp³-hybridized carbons (Fsp3) is 0.464. The third-order valence-corrected chi connectivity index (χ3v) is 10.9. The summed E-state index contributed by atoms with van der Waals surface area (Å²) in [6, 6.07) is 5.82. The van der Waals surface area contributed by atoms with E-state index in [2.05, 4.69) is 15.4 Å². The Bertz CT molecular complexity index is 1460. The van der Waals surface area contributed by atoms with Gasteiger partial charge in [0, 0.05) is 23.7 Å². The lowest BCUT2D eigenvalue weighted by molar-refractivity contribution is -0.124. The van der Waals surface area contributed by atoms with Gasteiger partial charge in [-0.1, -0.05) is 11.6 Å². The number of ether oxygens (including phenoxy) is 1. The predicted molar refractivity (Wildman–Crippen MR) is 146 cm³/mol. The summed E-state index contributed by atoms with van der Waals surface area (Å²) >= 11 is 6.28. The molecule has 3 unspecified atom stereocenters. The standard InChI is InChI=1S/C28H31ClF2N2O7S/c1-15(32-27(36)40-2)24(34)9-10-28(37)17-4-5-18(28)13-20(12-17)41(38,39)25-11-16(3-7-21(25)29)26(35)33-19-6-8-22(30)23(31)14-19/h3,6-8,11,14-15,17-18,20,37H,4-5,9-10,12-13H2,1-2H3,(H,32,36)(H,33,35)/t15-,17-,18?,20?,28?/m0/s1. The summed E-state index contributed by atoms with van der Waals surface area (Å²) in [7, 11) is -2.84. The number of aliphatic hydroxyl groups is 1. The Morgan fingerprint density at radius 1 is 1.10 bits per heavy atom. The molecule has 222 valence electrons. The Hall–Kier alpha value is -3.09. The lowest BCUT2D eigenvalue weighted by Gasteiger charge is -2.42. The minimum Gasteiger partial charge on any atom is -0.453 e. The maximum absolute atomic E-state index is 13.7. The van der Waals surface area contributed by atoms with Crippen LogP contribution in [0.5, 0.6) is 0 Å². The number of Topliss-reactive ketones (excluding diaryl/α,β-unsaturated/α-hetero) is 1. The molecule has 5 atom stereocenters. The van der Waals surface area contributed by atoms with Crippen molar-refractivity contribution < 1.29 is 41.4 Å². The van der Waals surface area contributed by atoms with E-state index in [1.165, 1.54) is 32.2 Å². The molecule has 41 heavy (non-hydrogen) atoms. The molecule has 3 N–H and O–H groups in total. The molecule has 9 nitrogen and oxygen atoms in total. The van der Waals surface area contributed by atoms with Crippen molar-refractivity contribution in [2.45, 2.75) is 67.2 Å². The van der Waals surface area contributed by atoms with Gasteiger partial charge in [0.25, 0.3) is 5.91 Å². The number of alkyl carbamates (subject to hydrolysis) is 1. The van der Waals surface area contributed by atoms with Crippen LogP contribution in [0.3, 0.4) is 0 Å². The Balaban J connectivity index is 1.47. The fourth-order valence-corrected chi connectivity index (χ4v) is 8.35. The van der Waals surface area contributed by atoms with Crippen LogP contribution in [0.2, 0.25) is 5.02 Å². The Labute approximate surface area is 241 Å². The Morgan fingerprint density at radius 3 is 2.37 bits per heavy atom. The highest BCUT2D eigenvalue weighted by Crippen LogP contribution is 2.54. The number of carbonyl (C=O) groups is 3. The van der Waals surface area contributed by atoms with E-state index in [1.807, 2.05) is 0 Å². The molecule has 4 rings (SSSR count). The molecule has 2 aliphatic rings. The van der Waals surface area contributed by atoms with Gasteiger partial charge in [0.05, 0.1) is 33.9 Å². The molecule has 2 saturated carbocycles. The summed E-state index contributed by atoms with van der Waals surface area (Å²) < 4.78 is 58.8. The largest absolute Gasteiger partial charge is 0.453 e. The van der Waals surface area contributed by atoms with E-state index >= 15 is 0 Å². The zero-order chi connectivity index (χ0) is 30.1. The maximum Gasteiger partial charge on any atom is 0.407 e. The molecule has 0 spiro atoms. The van der Waals surface area contributed by atoms with Crippen LogP contribution in [0, 0.1) is 23.5 Å². The number of rotatable bonds is 9. The summed E-state index contributed by atoms with van der Waals surface area (Å²) in [5, 5.41) is 15.4. The number of sulfone groups is 1. The first-order valence-corrected chi connectivity index (χ1v) is 15.1. The van der Waals surface area contributed by atoms with Crippen LogP contribution in [-0.4, -0.2) is 55.3 Å². The number of nitrogens with one attached hydrogen (secondary N) is 2. The number of methoxy groups -OCH3 is 1. The number of benzene rings is 2. The zero-order valence-electron chi connectivity index (χ0n) is 22.5. The predicted octanol–water partition coefficient (Wildman–Crippen LogP) is 4.66. The van der Waals surface area contributed by atoms with E-state index in [0.29, 0.717) is 12.8 Å². The number of halogens is 3. The number of fused-ring (bicyclic) bond motifs is 2. The molecular weight excluding hydrogens is 582 g/mol. The van der Waals surface area contributed by atoms with Crippen molar-refractivity contribution in [3.05, 3.63) is 58.6 Å². The van der Waals surface area contributed by atoms with Crippen LogP contribution in [0.15, 0.2) is 41.3 Å². The quantitative estimate of drug-likeness (QED) is 0.374. The number of hydrogen-bond acceptors (Lipinski definition) is 7. The number of anilines is 1. The molecule has 0 radical (unpaired) electrons. The van der Waals surface area contributed by atoms with Crippen molar-refractivity contribution in [1.29, 1.82) is 0 Å². The van der Waals surface area contributed by atoms with Gasteiger partial charge < -0.3 is 20.5 Å². The van der Waals surface area contributed by atoms with Crippen molar-refractivity contribution in [3.63, 3.8) is 0 Å². The SMILES string of the molecule is COC(=O)N[C@@H](C)C(=O)CCC1(O)C2CC[C@H]1CC(S(=O)(=O)c1cc(C(=O)Nc3ccc(F)c(F)c3)ccc1Cl)C2. The molecule has 0 aliphatic heterocycles. The first-order valence-electron chi connectivity index (χ1n) is 13.2. The average Bonchev–Trinajstić information content (AvgIpc) is 3.08. The number of carbonyl (C=O) groups excluding carboxylic acids is 3. The van der Waals surface area contributed by atoms with Crippen molar-refractivity contribution in [1.82, 2.24) is 5.32 Å². The summed E-state index contributed by atoms with van der Waals surface area (Å²) in [6.07, 6.45) is 0.917. The molecule has 2 amide bonds. The maximum atomic E-state index is 13.7. The van der Waals surface area contributed by atoms with Crippen LogP contribution < -0.4 is 10.6 Å². The number of ketones is 1. The third-order valence-electron chi connectivity index (χ3n) is 8.26. The molecular formula is C28H31ClF2N2O7S. The van der Waals surface area contributed by atoms with Crippen molar-refractivity contribution in [2.24, 2.45) is 11.8 Å². The van der Waals surface area contributed by atoms with Crippen LogP contribution in [0.4, 0.5) is 19.3 Å². The van der Waals surface area contributed by atoms with Gasteiger partial charge in [0.15, 0.2) is 27.3 Å². The summed E-state index contributed by atoms with van der Waals surface area (Å²) in [5.74, 6) is -3.96. The highest BCUT2D eigenvalue weighted by atomic mass is 35.5. The summed E-state index contributed by atoms with van der Waals surface area (Å²) in [4.78, 5) is 36.5. The molecule has 2 fully saturated rings. The van der Waals surface area contributed by atoms with Gasteiger partial charge in [0.1, 0.15) is 0 Å². The second-order valence-electron chi connectivity index (χ2n) is 10.7. The van der Waals surface area contributed by atoms with E-state index in [4.69, 9.17) is 11.6 Å². The van der Waals surface area contributed by atoms with Gasteiger partial charge >= 0.3 is 6.09 Å². The molecule has 0 heterocycles. The normalized spacial score (nSPS) is 24.4. The second kappa shape index (κ2) is 12.0. The number of amides is 2.